The van der Waals surface area contributed by atoms with E-state index in [0.717, 1.165) is 5.56 Å². The maximum Gasteiger partial charge on any atom is 0.306 e. The van der Waals surface area contributed by atoms with Gasteiger partial charge in [0.25, 0.3) is 0 Å². The Labute approximate surface area is 89.1 Å². The fourth-order valence-electron chi connectivity index (χ4n) is 1.36. The molecule has 0 radical (unpaired) electrons. The molecule has 0 aliphatic heterocycles. The van der Waals surface area contributed by atoms with Crippen molar-refractivity contribution in [2.45, 2.75) is 26.7 Å². The highest BCUT2D eigenvalue weighted by molar-refractivity contribution is 5.69. The van der Waals surface area contributed by atoms with Gasteiger partial charge in [-0.2, -0.15) is 0 Å². The van der Waals surface area contributed by atoms with Crippen LogP contribution in [0.25, 0.3) is 0 Å². The molecule has 0 saturated carbocycles. The van der Waals surface area contributed by atoms with Crippen molar-refractivity contribution in [1.29, 1.82) is 0 Å². The molecular weight excluding hydrogens is 195 g/mol. The van der Waals surface area contributed by atoms with Crippen molar-refractivity contribution >= 4 is 5.97 Å². The van der Waals surface area contributed by atoms with E-state index in [1.54, 1.807) is 19.1 Å². The zero-order valence-corrected chi connectivity index (χ0v) is 9.05. The number of halogens is 1. The third-order valence-electron chi connectivity index (χ3n) is 2.11. The topological polar surface area (TPSA) is 26.3 Å². The zero-order chi connectivity index (χ0) is 11.3. The van der Waals surface area contributed by atoms with Crippen molar-refractivity contribution in [2.75, 3.05) is 6.61 Å². The van der Waals surface area contributed by atoms with Gasteiger partial charge in [0.05, 0.1) is 6.61 Å². The van der Waals surface area contributed by atoms with Gasteiger partial charge >= 0.3 is 5.97 Å². The van der Waals surface area contributed by atoms with E-state index in [1.165, 1.54) is 6.07 Å². The van der Waals surface area contributed by atoms with Crippen LogP contribution in [0.3, 0.4) is 0 Å². The van der Waals surface area contributed by atoms with E-state index in [-0.39, 0.29) is 18.2 Å². The lowest BCUT2D eigenvalue weighted by Crippen LogP contribution is -2.06. The van der Waals surface area contributed by atoms with Gasteiger partial charge in [0.15, 0.2) is 0 Å². The predicted octanol–water partition coefficient (Wildman–Crippen LogP) is 2.63. The van der Waals surface area contributed by atoms with Crippen molar-refractivity contribution in [1.82, 2.24) is 0 Å². The third kappa shape index (κ3) is 3.70. The standard InChI is InChI=1S/C12H15FO2/c1-3-15-12(14)7-5-10-8-9(2)4-6-11(10)13/h4,6,8H,3,5,7H2,1-2H3. The van der Waals surface area contributed by atoms with E-state index in [9.17, 15) is 9.18 Å². The Bertz CT molecular complexity index is 347. The summed E-state index contributed by atoms with van der Waals surface area (Å²) >= 11 is 0. The minimum absolute atomic E-state index is 0.230. The summed E-state index contributed by atoms with van der Waals surface area (Å²) in [5, 5.41) is 0. The number of benzene rings is 1. The maximum absolute atomic E-state index is 13.3. The summed E-state index contributed by atoms with van der Waals surface area (Å²) in [6, 6.07) is 4.90. The Morgan fingerprint density at radius 1 is 1.47 bits per heavy atom. The highest BCUT2D eigenvalue weighted by atomic mass is 19.1. The zero-order valence-electron chi connectivity index (χ0n) is 9.05. The Morgan fingerprint density at radius 3 is 2.87 bits per heavy atom. The molecule has 1 rings (SSSR count). The number of aryl methyl sites for hydroxylation is 2. The highest BCUT2D eigenvalue weighted by Crippen LogP contribution is 2.12. The van der Waals surface area contributed by atoms with Gasteiger partial charge in [0.2, 0.25) is 0 Å². The first-order chi connectivity index (χ1) is 7.13. The molecule has 0 unspecified atom stereocenters. The molecule has 0 aromatic heterocycles. The molecule has 3 heteroatoms. The summed E-state index contributed by atoms with van der Waals surface area (Å²) < 4.78 is 18.0. The smallest absolute Gasteiger partial charge is 0.306 e. The Kier molecular flexibility index (Phi) is 4.28. The first-order valence-corrected chi connectivity index (χ1v) is 5.04. The summed E-state index contributed by atoms with van der Waals surface area (Å²) in [5.41, 5.74) is 1.57. The predicted molar refractivity (Wildman–Crippen MR) is 56.1 cm³/mol. The number of rotatable bonds is 4. The SMILES string of the molecule is CCOC(=O)CCc1cc(C)ccc1F. The van der Waals surface area contributed by atoms with Gasteiger partial charge in [-0.05, 0) is 31.9 Å². The van der Waals surface area contributed by atoms with E-state index in [0.29, 0.717) is 18.6 Å². The Hall–Kier alpha value is -1.38. The van der Waals surface area contributed by atoms with E-state index < -0.39 is 0 Å². The molecule has 1 aromatic carbocycles. The average molecular weight is 210 g/mol. The van der Waals surface area contributed by atoms with Crippen molar-refractivity contribution in [3.05, 3.63) is 35.1 Å². The Balaban J connectivity index is 2.57. The lowest BCUT2D eigenvalue weighted by molar-refractivity contribution is -0.143. The number of carbonyl (C=O) groups is 1. The summed E-state index contributed by atoms with van der Waals surface area (Å²) in [4.78, 5) is 11.1. The molecule has 82 valence electrons. The normalized spacial score (nSPS) is 10.1. The quantitative estimate of drug-likeness (QED) is 0.714. The molecule has 0 bridgehead atoms. The van der Waals surface area contributed by atoms with Gasteiger partial charge in [-0.25, -0.2) is 4.39 Å². The number of carbonyl (C=O) groups excluding carboxylic acids is 1. The van der Waals surface area contributed by atoms with Gasteiger partial charge < -0.3 is 4.74 Å². The summed E-state index contributed by atoms with van der Waals surface area (Å²) in [6.07, 6.45) is 0.626. The monoisotopic (exact) mass is 210 g/mol. The molecule has 15 heavy (non-hydrogen) atoms. The fourth-order valence-corrected chi connectivity index (χ4v) is 1.36. The largest absolute Gasteiger partial charge is 0.466 e. The van der Waals surface area contributed by atoms with Crippen LogP contribution < -0.4 is 0 Å². The lowest BCUT2D eigenvalue weighted by atomic mass is 10.1. The fraction of sp³-hybridized carbons (Fsp3) is 0.417. The summed E-state index contributed by atoms with van der Waals surface area (Å²) in [6.45, 7) is 4.02. The molecule has 0 amide bonds. The van der Waals surface area contributed by atoms with Gasteiger partial charge in [-0.15, -0.1) is 0 Å². The van der Waals surface area contributed by atoms with E-state index >= 15 is 0 Å². The molecule has 0 atom stereocenters. The van der Waals surface area contributed by atoms with Crippen molar-refractivity contribution in [2.24, 2.45) is 0 Å². The minimum Gasteiger partial charge on any atom is -0.466 e. The minimum atomic E-state index is -0.279. The van der Waals surface area contributed by atoms with Gasteiger partial charge in [-0.3, -0.25) is 4.79 Å². The second-order valence-electron chi connectivity index (χ2n) is 3.40. The number of hydrogen-bond acceptors (Lipinski definition) is 2. The van der Waals surface area contributed by atoms with Crippen LogP contribution in [0.1, 0.15) is 24.5 Å². The molecule has 0 aliphatic carbocycles. The van der Waals surface area contributed by atoms with Crippen LogP contribution in [-0.4, -0.2) is 12.6 Å². The maximum atomic E-state index is 13.3. The van der Waals surface area contributed by atoms with E-state index in [4.69, 9.17) is 4.74 Å². The third-order valence-corrected chi connectivity index (χ3v) is 2.11. The van der Waals surface area contributed by atoms with Gasteiger partial charge in [0.1, 0.15) is 5.82 Å². The van der Waals surface area contributed by atoms with Crippen LogP contribution in [0, 0.1) is 12.7 Å². The van der Waals surface area contributed by atoms with Crippen LogP contribution in [0.5, 0.6) is 0 Å². The van der Waals surface area contributed by atoms with Crippen LogP contribution in [0.2, 0.25) is 0 Å². The molecule has 0 N–H and O–H groups in total. The first kappa shape index (κ1) is 11.7. The molecule has 0 heterocycles. The van der Waals surface area contributed by atoms with Crippen molar-refractivity contribution in [3.63, 3.8) is 0 Å². The highest BCUT2D eigenvalue weighted by Gasteiger charge is 2.06. The molecular formula is C12H15FO2. The van der Waals surface area contributed by atoms with Gasteiger partial charge in [-0.1, -0.05) is 17.7 Å². The number of hydrogen-bond donors (Lipinski definition) is 0. The van der Waals surface area contributed by atoms with Crippen LogP contribution in [0.15, 0.2) is 18.2 Å². The van der Waals surface area contributed by atoms with Crippen molar-refractivity contribution in [3.8, 4) is 0 Å². The number of esters is 1. The molecule has 0 saturated heterocycles. The summed E-state index contributed by atoms with van der Waals surface area (Å²) in [7, 11) is 0. The lowest BCUT2D eigenvalue weighted by Gasteiger charge is -2.04. The van der Waals surface area contributed by atoms with E-state index in [1.807, 2.05) is 6.92 Å². The second-order valence-corrected chi connectivity index (χ2v) is 3.40. The molecule has 1 aromatic rings. The van der Waals surface area contributed by atoms with Crippen molar-refractivity contribution < 1.29 is 13.9 Å². The van der Waals surface area contributed by atoms with Crippen LogP contribution in [-0.2, 0) is 16.0 Å². The van der Waals surface area contributed by atoms with E-state index in [2.05, 4.69) is 0 Å². The second kappa shape index (κ2) is 5.49. The van der Waals surface area contributed by atoms with Crippen LogP contribution >= 0.6 is 0 Å². The molecule has 0 spiro atoms. The molecule has 0 fully saturated rings. The van der Waals surface area contributed by atoms with Crippen LogP contribution in [0.4, 0.5) is 4.39 Å². The van der Waals surface area contributed by atoms with Gasteiger partial charge in [0, 0.05) is 6.42 Å². The first-order valence-electron chi connectivity index (χ1n) is 5.04. The molecule has 0 aliphatic rings. The summed E-state index contributed by atoms with van der Waals surface area (Å²) in [5.74, 6) is -0.539. The number of ether oxygens (including phenoxy) is 1. The molecule has 2 nitrogen and oxygen atoms in total. The Morgan fingerprint density at radius 2 is 2.20 bits per heavy atom. The average Bonchev–Trinajstić information content (AvgIpc) is 2.20.